The van der Waals surface area contributed by atoms with Crippen molar-refractivity contribution in [1.29, 1.82) is 0 Å². The van der Waals surface area contributed by atoms with Crippen LogP contribution in [0.5, 0.6) is 0 Å². The molecule has 0 bridgehead atoms. The molecule has 1 aliphatic heterocycles. The first kappa shape index (κ1) is 14.2. The van der Waals surface area contributed by atoms with Crippen molar-refractivity contribution >= 4 is 11.5 Å². The van der Waals surface area contributed by atoms with Crippen LogP contribution in [0.1, 0.15) is 49.7 Å². The lowest BCUT2D eigenvalue weighted by Crippen LogP contribution is -2.38. The minimum absolute atomic E-state index is 0.183. The van der Waals surface area contributed by atoms with E-state index in [9.17, 15) is 0 Å². The maximum Gasteiger partial charge on any atom is 0.170 e. The van der Waals surface area contributed by atoms with E-state index >= 15 is 0 Å². The molecule has 3 N–H and O–H groups in total. The Kier molecular flexibility index (Phi) is 3.79. The topological polar surface area (TPSA) is 61.8 Å². The Morgan fingerprint density at radius 2 is 1.86 bits per heavy atom. The zero-order chi connectivity index (χ0) is 14.9. The molecule has 1 aliphatic carbocycles. The predicted octanol–water partition coefficient (Wildman–Crippen LogP) is 3.25. The number of benzene rings is 1. The Hall–Kier alpha value is -1.71. The summed E-state index contributed by atoms with van der Waals surface area (Å²) in [5, 5.41) is 11.9. The van der Waals surface area contributed by atoms with Gasteiger partial charge in [-0.15, -0.1) is 0 Å². The maximum atomic E-state index is 8.80. The van der Waals surface area contributed by atoms with E-state index in [2.05, 4.69) is 22.2 Å². The molecule has 3 rings (SSSR count). The van der Waals surface area contributed by atoms with Gasteiger partial charge < -0.3 is 15.8 Å². The van der Waals surface area contributed by atoms with Crippen LogP contribution in [-0.2, 0) is 0 Å². The second-order valence-electron chi connectivity index (χ2n) is 6.68. The van der Waals surface area contributed by atoms with Gasteiger partial charge >= 0.3 is 0 Å². The van der Waals surface area contributed by atoms with Crippen molar-refractivity contribution in [3.63, 3.8) is 0 Å². The summed E-state index contributed by atoms with van der Waals surface area (Å²) in [6.07, 6.45) is 8.37. The third kappa shape index (κ3) is 2.71. The molecule has 0 atom stereocenters. The molecule has 21 heavy (non-hydrogen) atoms. The predicted molar refractivity (Wildman–Crippen MR) is 86.0 cm³/mol. The van der Waals surface area contributed by atoms with Crippen LogP contribution >= 0.6 is 0 Å². The zero-order valence-electron chi connectivity index (χ0n) is 12.8. The molecular weight excluding hydrogens is 262 g/mol. The van der Waals surface area contributed by atoms with Gasteiger partial charge in [-0.1, -0.05) is 18.0 Å². The summed E-state index contributed by atoms with van der Waals surface area (Å²) in [4.78, 5) is 2.48. The van der Waals surface area contributed by atoms with Crippen LogP contribution in [0.15, 0.2) is 23.4 Å². The van der Waals surface area contributed by atoms with Crippen molar-refractivity contribution in [2.75, 3.05) is 18.0 Å². The number of rotatable bonds is 2. The van der Waals surface area contributed by atoms with Gasteiger partial charge in [0.15, 0.2) is 5.84 Å². The second kappa shape index (κ2) is 5.58. The first-order valence-corrected chi connectivity index (χ1v) is 7.97. The van der Waals surface area contributed by atoms with E-state index in [4.69, 9.17) is 10.9 Å². The second-order valence-corrected chi connectivity index (χ2v) is 6.68. The molecule has 4 heteroatoms. The van der Waals surface area contributed by atoms with Crippen LogP contribution in [0.3, 0.4) is 0 Å². The normalized spacial score (nSPS) is 22.0. The molecule has 2 aliphatic rings. The van der Waals surface area contributed by atoms with Crippen molar-refractivity contribution < 1.29 is 5.21 Å². The Labute approximate surface area is 126 Å². The molecule has 2 fully saturated rings. The molecule has 0 radical (unpaired) electrons. The van der Waals surface area contributed by atoms with E-state index < -0.39 is 0 Å². The number of aryl methyl sites for hydroxylation is 1. The smallest absolute Gasteiger partial charge is 0.170 e. The fraction of sp³-hybridized carbons (Fsp3) is 0.588. The number of anilines is 1. The fourth-order valence-corrected chi connectivity index (χ4v) is 4.05. The first-order chi connectivity index (χ1) is 10.1. The third-order valence-electron chi connectivity index (χ3n) is 5.45. The van der Waals surface area contributed by atoms with E-state index in [-0.39, 0.29) is 5.84 Å². The molecule has 114 valence electrons. The van der Waals surface area contributed by atoms with Crippen molar-refractivity contribution in [1.82, 2.24) is 0 Å². The summed E-state index contributed by atoms with van der Waals surface area (Å²) in [7, 11) is 0. The van der Waals surface area contributed by atoms with Gasteiger partial charge in [0.1, 0.15) is 0 Å². The van der Waals surface area contributed by atoms with E-state index in [1.165, 1.54) is 44.2 Å². The monoisotopic (exact) mass is 287 g/mol. The van der Waals surface area contributed by atoms with Crippen LogP contribution < -0.4 is 10.6 Å². The molecule has 1 spiro atoms. The molecule has 1 saturated heterocycles. The van der Waals surface area contributed by atoms with Gasteiger partial charge in [0.2, 0.25) is 0 Å². The fourth-order valence-electron chi connectivity index (χ4n) is 4.05. The average molecular weight is 287 g/mol. The van der Waals surface area contributed by atoms with Gasteiger partial charge in [-0.05, 0) is 61.8 Å². The molecule has 0 amide bonds. The number of piperidine rings is 1. The number of nitrogens with two attached hydrogens (primary N) is 1. The summed E-state index contributed by atoms with van der Waals surface area (Å²) >= 11 is 0. The Morgan fingerprint density at radius 1 is 1.19 bits per heavy atom. The highest BCUT2D eigenvalue weighted by atomic mass is 16.4. The lowest BCUT2D eigenvalue weighted by atomic mass is 9.77. The average Bonchev–Trinajstić information content (AvgIpc) is 2.95. The summed E-state index contributed by atoms with van der Waals surface area (Å²) < 4.78 is 0. The highest BCUT2D eigenvalue weighted by molar-refractivity contribution is 5.98. The van der Waals surface area contributed by atoms with Crippen LogP contribution in [-0.4, -0.2) is 24.1 Å². The number of nitrogens with zero attached hydrogens (tertiary/aromatic N) is 2. The summed E-state index contributed by atoms with van der Waals surface area (Å²) in [6.45, 7) is 4.32. The Balaban J connectivity index is 1.72. The highest BCUT2D eigenvalue weighted by Gasteiger charge is 2.36. The van der Waals surface area contributed by atoms with Crippen molar-refractivity contribution in [2.24, 2.45) is 16.3 Å². The number of oxime groups is 1. The van der Waals surface area contributed by atoms with E-state index in [0.29, 0.717) is 5.41 Å². The molecule has 1 heterocycles. The molecule has 1 saturated carbocycles. The van der Waals surface area contributed by atoms with E-state index in [1.54, 1.807) is 0 Å². The van der Waals surface area contributed by atoms with Gasteiger partial charge in [-0.3, -0.25) is 0 Å². The number of hydrogen-bond acceptors (Lipinski definition) is 3. The van der Waals surface area contributed by atoms with Crippen LogP contribution in [0.25, 0.3) is 0 Å². The molecule has 1 aromatic carbocycles. The SMILES string of the molecule is Cc1cc(N2CCC3(CCCC3)CC2)ccc1/C(N)=N/O. The standard InChI is InChI=1S/C17H25N3O/c1-13-12-14(4-5-15(13)16(18)19-21)20-10-8-17(9-11-20)6-2-3-7-17/h4-5,12,21H,2-3,6-11H2,1H3,(H2,18,19). The van der Waals surface area contributed by atoms with Crippen LogP contribution in [0.4, 0.5) is 5.69 Å². The lowest BCUT2D eigenvalue weighted by Gasteiger charge is -2.40. The van der Waals surface area contributed by atoms with Crippen molar-refractivity contribution in [2.45, 2.75) is 45.4 Å². The molecular formula is C17H25N3O. The minimum atomic E-state index is 0.183. The lowest BCUT2D eigenvalue weighted by molar-refractivity contribution is 0.226. The largest absolute Gasteiger partial charge is 0.409 e. The third-order valence-corrected chi connectivity index (χ3v) is 5.45. The molecule has 1 aromatic rings. The zero-order valence-corrected chi connectivity index (χ0v) is 12.8. The Morgan fingerprint density at radius 3 is 2.43 bits per heavy atom. The van der Waals surface area contributed by atoms with Gasteiger partial charge in [0.05, 0.1) is 0 Å². The number of amidine groups is 1. The minimum Gasteiger partial charge on any atom is -0.409 e. The van der Waals surface area contributed by atoms with E-state index in [1.807, 2.05) is 13.0 Å². The molecule has 0 unspecified atom stereocenters. The van der Waals surface area contributed by atoms with Gasteiger partial charge in [-0.25, -0.2) is 0 Å². The summed E-state index contributed by atoms with van der Waals surface area (Å²) in [5.41, 5.74) is 9.47. The van der Waals surface area contributed by atoms with E-state index in [0.717, 1.165) is 24.2 Å². The summed E-state index contributed by atoms with van der Waals surface area (Å²) in [6, 6.07) is 6.20. The van der Waals surface area contributed by atoms with Crippen molar-refractivity contribution in [3.8, 4) is 0 Å². The highest BCUT2D eigenvalue weighted by Crippen LogP contribution is 2.46. The van der Waals surface area contributed by atoms with Gasteiger partial charge in [0, 0.05) is 24.3 Å². The molecule has 0 aromatic heterocycles. The van der Waals surface area contributed by atoms with Crippen molar-refractivity contribution in [3.05, 3.63) is 29.3 Å². The molecule has 4 nitrogen and oxygen atoms in total. The van der Waals surface area contributed by atoms with Gasteiger partial charge in [-0.2, -0.15) is 0 Å². The van der Waals surface area contributed by atoms with Gasteiger partial charge in [0.25, 0.3) is 0 Å². The quantitative estimate of drug-likeness (QED) is 0.380. The Bertz CT molecular complexity index is 537. The van der Waals surface area contributed by atoms with Crippen LogP contribution in [0, 0.1) is 12.3 Å². The number of hydrogen-bond donors (Lipinski definition) is 2. The maximum absolute atomic E-state index is 8.80. The van der Waals surface area contributed by atoms with Crippen LogP contribution in [0.2, 0.25) is 0 Å². The first-order valence-electron chi connectivity index (χ1n) is 7.97. The summed E-state index contributed by atoms with van der Waals surface area (Å²) in [5.74, 6) is 0.183.